The molecule has 2 N–H and O–H groups in total. The monoisotopic (exact) mass is 256 g/mol. The van der Waals surface area contributed by atoms with Crippen molar-refractivity contribution >= 4 is 5.97 Å². The molecule has 0 aromatic rings. The SMILES string of the molecule is CCOC(=O)C(N)C1(N(CC)CC)CCCCC1. The van der Waals surface area contributed by atoms with E-state index in [0.717, 1.165) is 38.8 Å². The van der Waals surface area contributed by atoms with Crippen molar-refractivity contribution in [1.82, 2.24) is 4.90 Å². The molecule has 0 amide bonds. The van der Waals surface area contributed by atoms with Crippen LogP contribution in [0.15, 0.2) is 0 Å². The minimum Gasteiger partial charge on any atom is -0.465 e. The predicted octanol–water partition coefficient (Wildman–Crippen LogP) is 1.92. The van der Waals surface area contributed by atoms with E-state index in [1.54, 1.807) is 0 Å². The van der Waals surface area contributed by atoms with Crippen molar-refractivity contribution in [3.05, 3.63) is 0 Å². The average Bonchev–Trinajstić information content (AvgIpc) is 2.40. The lowest BCUT2D eigenvalue weighted by atomic mass is 9.75. The molecular weight excluding hydrogens is 228 g/mol. The third-order valence-corrected chi connectivity index (χ3v) is 4.23. The van der Waals surface area contributed by atoms with Crippen LogP contribution in [0.25, 0.3) is 0 Å². The van der Waals surface area contributed by atoms with E-state index in [2.05, 4.69) is 18.7 Å². The van der Waals surface area contributed by atoms with Crippen LogP contribution in [0.4, 0.5) is 0 Å². The molecule has 1 aliphatic rings. The summed E-state index contributed by atoms with van der Waals surface area (Å²) in [6.45, 7) is 8.37. The lowest BCUT2D eigenvalue weighted by Gasteiger charge is -2.48. The number of hydrogen-bond acceptors (Lipinski definition) is 4. The molecule has 0 bridgehead atoms. The summed E-state index contributed by atoms with van der Waals surface area (Å²) in [4.78, 5) is 14.4. The van der Waals surface area contributed by atoms with Gasteiger partial charge >= 0.3 is 5.97 Å². The molecule has 1 fully saturated rings. The number of rotatable bonds is 6. The number of ether oxygens (including phenoxy) is 1. The highest BCUT2D eigenvalue weighted by molar-refractivity contribution is 5.77. The van der Waals surface area contributed by atoms with Gasteiger partial charge in [-0.25, -0.2) is 0 Å². The number of likely N-dealkylation sites (N-methyl/N-ethyl adjacent to an activating group) is 1. The highest BCUT2D eigenvalue weighted by Crippen LogP contribution is 2.36. The van der Waals surface area contributed by atoms with E-state index >= 15 is 0 Å². The molecule has 1 atom stereocenters. The van der Waals surface area contributed by atoms with Crippen LogP contribution in [-0.2, 0) is 9.53 Å². The highest BCUT2D eigenvalue weighted by atomic mass is 16.5. The van der Waals surface area contributed by atoms with Crippen molar-refractivity contribution in [2.45, 2.75) is 64.5 Å². The zero-order valence-electron chi connectivity index (χ0n) is 12.1. The van der Waals surface area contributed by atoms with Gasteiger partial charge in [-0.1, -0.05) is 33.1 Å². The van der Waals surface area contributed by atoms with E-state index in [0.29, 0.717) is 6.61 Å². The molecular formula is C14H28N2O2. The van der Waals surface area contributed by atoms with Gasteiger partial charge in [0.05, 0.1) is 6.61 Å². The Kier molecular flexibility index (Phi) is 6.09. The summed E-state index contributed by atoms with van der Waals surface area (Å²) in [5.41, 5.74) is 6.06. The third kappa shape index (κ3) is 3.04. The molecule has 0 saturated heterocycles. The Balaban J connectivity index is 2.91. The Morgan fingerprint density at radius 1 is 1.22 bits per heavy atom. The molecule has 0 spiro atoms. The zero-order valence-corrected chi connectivity index (χ0v) is 12.1. The van der Waals surface area contributed by atoms with E-state index in [1.807, 2.05) is 6.92 Å². The third-order valence-electron chi connectivity index (χ3n) is 4.23. The lowest BCUT2D eigenvalue weighted by Crippen LogP contribution is -2.64. The molecule has 0 radical (unpaired) electrons. The number of carbonyl (C=O) groups excluding carboxylic acids is 1. The fourth-order valence-corrected chi connectivity index (χ4v) is 3.29. The minimum absolute atomic E-state index is 0.187. The Hall–Kier alpha value is -0.610. The van der Waals surface area contributed by atoms with Crippen LogP contribution in [-0.4, -0.2) is 42.1 Å². The van der Waals surface area contributed by atoms with E-state index in [4.69, 9.17) is 10.5 Å². The van der Waals surface area contributed by atoms with Gasteiger partial charge in [0.25, 0.3) is 0 Å². The van der Waals surface area contributed by atoms with Crippen LogP contribution >= 0.6 is 0 Å². The molecule has 4 heteroatoms. The Labute approximate surface area is 111 Å². The van der Waals surface area contributed by atoms with E-state index in [-0.39, 0.29) is 11.5 Å². The molecule has 1 saturated carbocycles. The second-order valence-corrected chi connectivity index (χ2v) is 5.07. The van der Waals surface area contributed by atoms with Gasteiger partial charge in [-0.15, -0.1) is 0 Å². The van der Waals surface area contributed by atoms with E-state index < -0.39 is 6.04 Å². The maximum Gasteiger partial charge on any atom is 0.324 e. The quantitative estimate of drug-likeness (QED) is 0.738. The molecule has 0 aliphatic heterocycles. The fraction of sp³-hybridized carbons (Fsp3) is 0.929. The van der Waals surface area contributed by atoms with Gasteiger partial charge < -0.3 is 10.5 Å². The van der Waals surface area contributed by atoms with Gasteiger partial charge in [0.15, 0.2) is 0 Å². The maximum atomic E-state index is 12.0. The van der Waals surface area contributed by atoms with Crippen molar-refractivity contribution in [2.24, 2.45) is 5.73 Å². The summed E-state index contributed by atoms with van der Waals surface area (Å²) < 4.78 is 5.13. The molecule has 4 nitrogen and oxygen atoms in total. The van der Waals surface area contributed by atoms with Crippen molar-refractivity contribution in [3.8, 4) is 0 Å². The molecule has 0 aromatic heterocycles. The minimum atomic E-state index is -0.516. The molecule has 18 heavy (non-hydrogen) atoms. The Morgan fingerprint density at radius 2 is 1.78 bits per heavy atom. The number of nitrogens with two attached hydrogens (primary N) is 1. The zero-order chi connectivity index (χ0) is 13.6. The van der Waals surface area contributed by atoms with Crippen LogP contribution in [0, 0.1) is 0 Å². The maximum absolute atomic E-state index is 12.0. The van der Waals surface area contributed by atoms with Gasteiger partial charge in [0, 0.05) is 5.54 Å². The topological polar surface area (TPSA) is 55.6 Å². The van der Waals surface area contributed by atoms with E-state index in [1.165, 1.54) is 6.42 Å². The van der Waals surface area contributed by atoms with Gasteiger partial charge in [-0.2, -0.15) is 0 Å². The van der Waals surface area contributed by atoms with Gasteiger partial charge in [-0.3, -0.25) is 9.69 Å². The van der Waals surface area contributed by atoms with Crippen molar-refractivity contribution < 1.29 is 9.53 Å². The summed E-state index contributed by atoms with van der Waals surface area (Å²) in [6.07, 6.45) is 5.58. The second-order valence-electron chi connectivity index (χ2n) is 5.07. The first-order valence-corrected chi connectivity index (χ1v) is 7.29. The van der Waals surface area contributed by atoms with Crippen molar-refractivity contribution in [2.75, 3.05) is 19.7 Å². The summed E-state index contributed by atoms with van der Waals surface area (Å²) in [7, 11) is 0. The Bertz CT molecular complexity index is 259. The first-order chi connectivity index (χ1) is 8.62. The van der Waals surface area contributed by atoms with Crippen molar-refractivity contribution in [1.29, 1.82) is 0 Å². The lowest BCUT2D eigenvalue weighted by molar-refractivity contribution is -0.150. The van der Waals surface area contributed by atoms with E-state index in [9.17, 15) is 4.79 Å². The first kappa shape index (κ1) is 15.4. The second kappa shape index (κ2) is 7.10. The first-order valence-electron chi connectivity index (χ1n) is 7.29. The van der Waals surface area contributed by atoms with Crippen LogP contribution in [0.2, 0.25) is 0 Å². The standard InChI is InChI=1S/C14H28N2O2/c1-4-16(5-2)14(10-8-7-9-11-14)12(15)13(17)18-6-3/h12H,4-11,15H2,1-3H3. The number of nitrogens with zero attached hydrogens (tertiary/aromatic N) is 1. The van der Waals surface area contributed by atoms with Crippen LogP contribution in [0.3, 0.4) is 0 Å². The average molecular weight is 256 g/mol. The number of carbonyl (C=O) groups is 1. The molecule has 1 rings (SSSR count). The molecule has 0 heterocycles. The van der Waals surface area contributed by atoms with Crippen molar-refractivity contribution in [3.63, 3.8) is 0 Å². The highest BCUT2D eigenvalue weighted by Gasteiger charge is 2.45. The largest absolute Gasteiger partial charge is 0.465 e. The predicted molar refractivity (Wildman–Crippen MR) is 73.3 cm³/mol. The van der Waals surface area contributed by atoms with Gasteiger partial charge in [0.2, 0.25) is 0 Å². The Morgan fingerprint density at radius 3 is 2.22 bits per heavy atom. The summed E-state index contributed by atoms with van der Waals surface area (Å²) >= 11 is 0. The fourth-order valence-electron chi connectivity index (χ4n) is 3.29. The molecule has 106 valence electrons. The summed E-state index contributed by atoms with van der Waals surface area (Å²) in [5.74, 6) is -0.244. The normalized spacial score (nSPS) is 20.7. The summed E-state index contributed by atoms with van der Waals surface area (Å²) in [5, 5.41) is 0. The molecule has 1 unspecified atom stereocenters. The van der Waals surface area contributed by atoms with Crippen LogP contribution in [0.5, 0.6) is 0 Å². The van der Waals surface area contributed by atoms with Gasteiger partial charge in [-0.05, 0) is 32.9 Å². The molecule has 1 aliphatic carbocycles. The number of esters is 1. The smallest absolute Gasteiger partial charge is 0.324 e. The summed E-state index contributed by atoms with van der Waals surface area (Å²) in [6, 6.07) is -0.516. The van der Waals surface area contributed by atoms with Gasteiger partial charge in [0.1, 0.15) is 6.04 Å². The van der Waals surface area contributed by atoms with Crippen LogP contribution < -0.4 is 5.73 Å². The van der Waals surface area contributed by atoms with Crippen LogP contribution in [0.1, 0.15) is 52.9 Å². The number of hydrogen-bond donors (Lipinski definition) is 1. The molecule has 0 aromatic carbocycles.